The van der Waals surface area contributed by atoms with Crippen LogP contribution in [0.2, 0.25) is 0 Å². The predicted molar refractivity (Wildman–Crippen MR) is 76.3 cm³/mol. The minimum absolute atomic E-state index is 0.0158. The van der Waals surface area contributed by atoms with Crippen LogP contribution in [0.4, 0.5) is 0 Å². The molecule has 0 aliphatic heterocycles. The van der Waals surface area contributed by atoms with Crippen LogP contribution >= 0.6 is 0 Å². The van der Waals surface area contributed by atoms with Crippen LogP contribution in [0.3, 0.4) is 0 Å². The molecule has 21 heavy (non-hydrogen) atoms. The summed E-state index contributed by atoms with van der Waals surface area (Å²) in [5.41, 5.74) is 0.909. The van der Waals surface area contributed by atoms with Gasteiger partial charge in [-0.2, -0.15) is 0 Å². The fraction of sp³-hybridized carbons (Fsp3) is 0.400. The highest BCUT2D eigenvalue weighted by Gasteiger charge is 2.24. The van der Waals surface area contributed by atoms with E-state index < -0.39 is 0 Å². The molecule has 1 heterocycles. The van der Waals surface area contributed by atoms with Crippen LogP contribution in [0.5, 0.6) is 0 Å². The van der Waals surface area contributed by atoms with Crippen molar-refractivity contribution >= 4 is 11.8 Å². The summed E-state index contributed by atoms with van der Waals surface area (Å²) in [7, 11) is 1.57. The number of nitrogens with zero attached hydrogens (tertiary/aromatic N) is 2. The molecule has 0 atom stereocenters. The Labute approximate surface area is 123 Å². The molecular formula is C15H17N3O3. The molecule has 6 heteroatoms. The number of carbonyl (C=O) groups excluding carboxylic acids is 2. The van der Waals surface area contributed by atoms with Crippen molar-refractivity contribution in [2.45, 2.75) is 18.9 Å². The van der Waals surface area contributed by atoms with Gasteiger partial charge in [0.25, 0.3) is 5.91 Å². The highest BCUT2D eigenvalue weighted by Crippen LogP contribution is 2.18. The second-order valence-electron chi connectivity index (χ2n) is 4.93. The number of aromatic nitrogens is 1. The third-order valence-electron chi connectivity index (χ3n) is 2.97. The van der Waals surface area contributed by atoms with Crippen LogP contribution < -0.4 is 5.32 Å². The Bertz CT molecular complexity index is 600. The Morgan fingerprint density at radius 3 is 2.90 bits per heavy atom. The Hall–Kier alpha value is -2.39. The fourth-order valence-electron chi connectivity index (χ4n) is 1.78. The van der Waals surface area contributed by atoms with Gasteiger partial charge in [-0.15, -0.1) is 0 Å². The summed E-state index contributed by atoms with van der Waals surface area (Å²) in [5.74, 6) is 4.74. The maximum Gasteiger partial charge on any atom is 0.255 e. The van der Waals surface area contributed by atoms with Crippen LogP contribution in [0.25, 0.3) is 0 Å². The Morgan fingerprint density at radius 1 is 1.48 bits per heavy atom. The molecule has 1 saturated carbocycles. The molecule has 110 valence electrons. The zero-order chi connectivity index (χ0) is 15.2. The average Bonchev–Trinajstić information content (AvgIpc) is 3.28. The van der Waals surface area contributed by atoms with Crippen molar-refractivity contribution in [2.75, 3.05) is 20.2 Å². The molecule has 0 spiro atoms. The van der Waals surface area contributed by atoms with Crippen LogP contribution in [0, 0.1) is 11.8 Å². The zero-order valence-corrected chi connectivity index (χ0v) is 11.8. The third-order valence-corrected chi connectivity index (χ3v) is 2.97. The van der Waals surface area contributed by atoms with Gasteiger partial charge in [0, 0.05) is 31.0 Å². The number of hydrogen-bond donors (Lipinski definition) is 2. The number of pyridine rings is 1. The van der Waals surface area contributed by atoms with Gasteiger partial charge in [0.2, 0.25) is 5.91 Å². The maximum absolute atomic E-state index is 12.2. The number of nitrogens with one attached hydrogen (secondary N) is 1. The molecule has 1 fully saturated rings. The lowest BCUT2D eigenvalue weighted by Crippen LogP contribution is -2.39. The number of carbonyl (C=O) groups is 2. The van der Waals surface area contributed by atoms with Crippen molar-refractivity contribution in [3.63, 3.8) is 0 Å². The first-order chi connectivity index (χ1) is 10.1. The molecule has 0 bridgehead atoms. The van der Waals surface area contributed by atoms with Crippen molar-refractivity contribution in [3.05, 3.63) is 29.6 Å². The van der Waals surface area contributed by atoms with Crippen molar-refractivity contribution in [2.24, 2.45) is 0 Å². The Morgan fingerprint density at radius 2 is 2.24 bits per heavy atom. The van der Waals surface area contributed by atoms with E-state index in [4.69, 9.17) is 5.11 Å². The van der Waals surface area contributed by atoms with Crippen LogP contribution in [-0.4, -0.2) is 53.0 Å². The van der Waals surface area contributed by atoms with Crippen LogP contribution in [0.15, 0.2) is 18.5 Å². The van der Waals surface area contributed by atoms with Crippen molar-refractivity contribution in [1.29, 1.82) is 0 Å². The molecule has 2 N–H and O–H groups in total. The van der Waals surface area contributed by atoms with Crippen LogP contribution in [0.1, 0.15) is 28.8 Å². The van der Waals surface area contributed by atoms with E-state index in [0.717, 1.165) is 12.8 Å². The minimum Gasteiger partial charge on any atom is -0.384 e. The fourth-order valence-corrected chi connectivity index (χ4v) is 1.78. The van der Waals surface area contributed by atoms with Gasteiger partial charge in [-0.3, -0.25) is 14.6 Å². The molecule has 2 amide bonds. The molecule has 1 aliphatic rings. The second-order valence-corrected chi connectivity index (χ2v) is 4.93. The van der Waals surface area contributed by atoms with Crippen molar-refractivity contribution in [1.82, 2.24) is 15.2 Å². The maximum atomic E-state index is 12.2. The topological polar surface area (TPSA) is 82.5 Å². The molecule has 0 unspecified atom stereocenters. The van der Waals surface area contributed by atoms with Gasteiger partial charge in [-0.25, -0.2) is 0 Å². The van der Waals surface area contributed by atoms with Gasteiger partial charge < -0.3 is 15.3 Å². The summed E-state index contributed by atoms with van der Waals surface area (Å²) < 4.78 is 0. The normalized spacial score (nSPS) is 13.0. The second kappa shape index (κ2) is 6.86. The smallest absolute Gasteiger partial charge is 0.255 e. The summed E-state index contributed by atoms with van der Waals surface area (Å²) in [6.07, 6.45) is 4.97. The summed E-state index contributed by atoms with van der Waals surface area (Å²) in [6.45, 7) is -0.235. The van der Waals surface area contributed by atoms with Gasteiger partial charge in [0.05, 0.1) is 12.1 Å². The predicted octanol–water partition coefficient (Wildman–Crippen LogP) is -0.224. The molecule has 0 saturated heterocycles. The number of likely N-dealkylation sites (N-methyl/N-ethyl adjacent to an activating group) is 1. The highest BCUT2D eigenvalue weighted by molar-refractivity contribution is 5.96. The molecule has 2 rings (SSSR count). The van der Waals surface area contributed by atoms with Crippen molar-refractivity contribution in [3.8, 4) is 11.8 Å². The van der Waals surface area contributed by atoms with E-state index in [1.165, 1.54) is 17.3 Å². The van der Waals surface area contributed by atoms with E-state index in [0.29, 0.717) is 11.1 Å². The SMILES string of the molecule is CN(CC(=O)NC1CC1)C(=O)c1cncc(C#CCO)c1. The molecule has 0 aromatic carbocycles. The molecule has 6 nitrogen and oxygen atoms in total. The summed E-state index contributed by atoms with van der Waals surface area (Å²) in [5, 5.41) is 11.5. The number of amides is 2. The Balaban J connectivity index is 1.99. The first-order valence-corrected chi connectivity index (χ1v) is 6.69. The summed E-state index contributed by atoms with van der Waals surface area (Å²) >= 11 is 0. The Kier molecular flexibility index (Phi) is 4.90. The standard InChI is InChI=1S/C15H17N3O3/c1-18(10-14(20)17-13-4-5-13)15(21)12-7-11(3-2-6-19)8-16-9-12/h7-9,13,19H,4-6,10H2,1H3,(H,17,20). The quantitative estimate of drug-likeness (QED) is 0.750. The third kappa shape index (κ3) is 4.58. The molecule has 1 aromatic rings. The largest absolute Gasteiger partial charge is 0.384 e. The van der Waals surface area contributed by atoms with E-state index in [1.807, 2.05) is 0 Å². The lowest BCUT2D eigenvalue weighted by atomic mass is 10.2. The molecule has 1 aromatic heterocycles. The van der Waals surface area contributed by atoms with E-state index in [-0.39, 0.29) is 31.0 Å². The van der Waals surface area contributed by atoms with E-state index in [1.54, 1.807) is 13.1 Å². The van der Waals surface area contributed by atoms with Gasteiger partial charge in [-0.05, 0) is 18.9 Å². The number of hydrogen-bond acceptors (Lipinski definition) is 4. The molecule has 0 radical (unpaired) electrons. The van der Waals surface area contributed by atoms with Gasteiger partial charge in [0.1, 0.15) is 6.61 Å². The van der Waals surface area contributed by atoms with E-state index in [9.17, 15) is 9.59 Å². The zero-order valence-electron chi connectivity index (χ0n) is 11.8. The average molecular weight is 287 g/mol. The highest BCUT2D eigenvalue weighted by atomic mass is 16.2. The van der Waals surface area contributed by atoms with Gasteiger partial charge in [0.15, 0.2) is 0 Å². The van der Waals surface area contributed by atoms with Gasteiger partial charge >= 0.3 is 0 Å². The van der Waals surface area contributed by atoms with Crippen molar-refractivity contribution < 1.29 is 14.7 Å². The first kappa shape index (κ1) is 15.0. The lowest BCUT2D eigenvalue weighted by molar-refractivity contribution is -0.121. The van der Waals surface area contributed by atoms with Gasteiger partial charge in [-0.1, -0.05) is 11.8 Å². The first-order valence-electron chi connectivity index (χ1n) is 6.69. The monoisotopic (exact) mass is 287 g/mol. The van der Waals surface area contributed by atoms with E-state index >= 15 is 0 Å². The summed E-state index contributed by atoms with van der Waals surface area (Å²) in [4.78, 5) is 29.2. The van der Waals surface area contributed by atoms with Crippen LogP contribution in [-0.2, 0) is 4.79 Å². The molecule has 1 aliphatic carbocycles. The number of aliphatic hydroxyl groups is 1. The number of aliphatic hydroxyl groups excluding tert-OH is 1. The lowest BCUT2D eigenvalue weighted by Gasteiger charge is -2.16. The van der Waals surface area contributed by atoms with E-state index in [2.05, 4.69) is 22.1 Å². The number of rotatable bonds is 4. The summed E-state index contributed by atoms with van der Waals surface area (Å²) in [6, 6.07) is 1.87. The molecular weight excluding hydrogens is 270 g/mol. The minimum atomic E-state index is -0.291.